The van der Waals surface area contributed by atoms with E-state index in [0.29, 0.717) is 19.0 Å². The highest BCUT2D eigenvalue weighted by Crippen LogP contribution is 2.28. The molecule has 0 radical (unpaired) electrons. The van der Waals surface area contributed by atoms with Crippen LogP contribution in [0.15, 0.2) is 0 Å². The summed E-state index contributed by atoms with van der Waals surface area (Å²) in [6.45, 7) is 4.76. The topological polar surface area (TPSA) is 69.7 Å². The zero-order valence-electron chi connectivity index (χ0n) is 10.3. The van der Waals surface area contributed by atoms with Crippen LogP contribution in [-0.2, 0) is 0 Å². The Labute approximate surface area is 98.4 Å². The highest BCUT2D eigenvalue weighted by Gasteiger charge is 2.27. The largest absolute Gasteiger partial charge is 0.395 e. The number of hydrogen-bond acceptors (Lipinski definition) is 4. The van der Waals surface area contributed by atoms with Crippen molar-refractivity contribution in [2.45, 2.75) is 32.2 Å². The van der Waals surface area contributed by atoms with Gasteiger partial charge in [0.15, 0.2) is 0 Å². The van der Waals surface area contributed by atoms with Crippen molar-refractivity contribution in [2.75, 3.05) is 32.8 Å². The molecule has 1 aliphatic rings. The maximum atomic E-state index is 8.96. The molecule has 1 rings (SSSR count). The third kappa shape index (κ3) is 4.37. The standard InChI is InChI=1S/C12H26N2O2/c1-10-2-3-12(13)11(8-10)9-14(4-6-15)5-7-16/h10-12,15-16H,2-9,13H2,1H3. The summed E-state index contributed by atoms with van der Waals surface area (Å²) in [5.74, 6) is 1.27. The smallest absolute Gasteiger partial charge is 0.0558 e. The molecule has 0 aromatic rings. The minimum atomic E-state index is 0.150. The number of aliphatic hydroxyl groups excluding tert-OH is 2. The second kappa shape index (κ2) is 7.22. The zero-order chi connectivity index (χ0) is 12.0. The van der Waals surface area contributed by atoms with E-state index in [9.17, 15) is 0 Å². The van der Waals surface area contributed by atoms with Gasteiger partial charge in [0.1, 0.15) is 0 Å². The summed E-state index contributed by atoms with van der Waals surface area (Å²) < 4.78 is 0. The first kappa shape index (κ1) is 13.9. The lowest BCUT2D eigenvalue weighted by Gasteiger charge is -2.36. The van der Waals surface area contributed by atoms with Crippen LogP contribution in [0.1, 0.15) is 26.2 Å². The van der Waals surface area contributed by atoms with Crippen molar-refractivity contribution in [1.29, 1.82) is 0 Å². The minimum absolute atomic E-state index is 0.150. The fraction of sp³-hybridized carbons (Fsp3) is 1.00. The minimum Gasteiger partial charge on any atom is -0.395 e. The molecule has 96 valence electrons. The van der Waals surface area contributed by atoms with Crippen molar-refractivity contribution in [2.24, 2.45) is 17.6 Å². The number of nitrogens with two attached hydrogens (primary N) is 1. The predicted molar refractivity (Wildman–Crippen MR) is 65.1 cm³/mol. The summed E-state index contributed by atoms with van der Waals surface area (Å²) >= 11 is 0. The van der Waals surface area contributed by atoms with Gasteiger partial charge in [-0.05, 0) is 31.1 Å². The maximum Gasteiger partial charge on any atom is 0.0558 e. The predicted octanol–water partition coefficient (Wildman–Crippen LogP) is 0.0365. The Kier molecular flexibility index (Phi) is 6.28. The van der Waals surface area contributed by atoms with E-state index in [1.54, 1.807) is 0 Å². The van der Waals surface area contributed by atoms with Gasteiger partial charge in [-0.3, -0.25) is 4.90 Å². The van der Waals surface area contributed by atoms with Crippen molar-refractivity contribution < 1.29 is 10.2 Å². The average molecular weight is 230 g/mol. The van der Waals surface area contributed by atoms with Crippen LogP contribution in [0, 0.1) is 11.8 Å². The van der Waals surface area contributed by atoms with E-state index >= 15 is 0 Å². The van der Waals surface area contributed by atoms with Gasteiger partial charge in [0.25, 0.3) is 0 Å². The van der Waals surface area contributed by atoms with Crippen molar-refractivity contribution in [3.8, 4) is 0 Å². The molecule has 0 aromatic heterocycles. The van der Waals surface area contributed by atoms with Gasteiger partial charge >= 0.3 is 0 Å². The van der Waals surface area contributed by atoms with Gasteiger partial charge in [0.05, 0.1) is 13.2 Å². The van der Waals surface area contributed by atoms with E-state index < -0.39 is 0 Å². The van der Waals surface area contributed by atoms with Crippen LogP contribution in [-0.4, -0.2) is 54.0 Å². The van der Waals surface area contributed by atoms with Gasteiger partial charge in [-0.15, -0.1) is 0 Å². The molecule has 0 aromatic carbocycles. The van der Waals surface area contributed by atoms with E-state index in [-0.39, 0.29) is 19.3 Å². The first-order chi connectivity index (χ1) is 7.67. The highest BCUT2D eigenvalue weighted by molar-refractivity contribution is 4.83. The van der Waals surface area contributed by atoms with Crippen molar-refractivity contribution in [3.05, 3.63) is 0 Å². The Morgan fingerprint density at radius 3 is 2.38 bits per heavy atom. The molecule has 4 nitrogen and oxygen atoms in total. The Balaban J connectivity index is 2.41. The molecule has 0 saturated heterocycles. The van der Waals surface area contributed by atoms with Crippen LogP contribution in [0.4, 0.5) is 0 Å². The van der Waals surface area contributed by atoms with Gasteiger partial charge in [-0.25, -0.2) is 0 Å². The molecule has 1 saturated carbocycles. The van der Waals surface area contributed by atoms with E-state index in [2.05, 4.69) is 11.8 Å². The first-order valence-electron chi connectivity index (χ1n) is 6.37. The molecule has 0 amide bonds. The van der Waals surface area contributed by atoms with Gasteiger partial charge in [-0.2, -0.15) is 0 Å². The second-order valence-electron chi connectivity index (χ2n) is 5.09. The lowest BCUT2D eigenvalue weighted by molar-refractivity contribution is 0.117. The molecule has 0 bridgehead atoms. The fourth-order valence-corrected chi connectivity index (χ4v) is 2.64. The quantitative estimate of drug-likeness (QED) is 0.602. The van der Waals surface area contributed by atoms with Gasteiger partial charge in [-0.1, -0.05) is 6.92 Å². The van der Waals surface area contributed by atoms with Crippen LogP contribution in [0.2, 0.25) is 0 Å². The van der Waals surface area contributed by atoms with Crippen LogP contribution in [0.3, 0.4) is 0 Å². The van der Waals surface area contributed by atoms with Crippen LogP contribution >= 0.6 is 0 Å². The van der Waals surface area contributed by atoms with Crippen molar-refractivity contribution in [3.63, 3.8) is 0 Å². The van der Waals surface area contributed by atoms with Gasteiger partial charge in [0.2, 0.25) is 0 Å². The Morgan fingerprint density at radius 2 is 1.81 bits per heavy atom. The Bertz CT molecular complexity index is 184. The zero-order valence-corrected chi connectivity index (χ0v) is 10.3. The Hall–Kier alpha value is -0.160. The maximum absolute atomic E-state index is 8.96. The molecule has 16 heavy (non-hydrogen) atoms. The third-order valence-electron chi connectivity index (χ3n) is 3.63. The molecule has 3 unspecified atom stereocenters. The number of nitrogens with zero attached hydrogens (tertiary/aromatic N) is 1. The molecule has 4 heteroatoms. The third-order valence-corrected chi connectivity index (χ3v) is 3.63. The van der Waals surface area contributed by atoms with Crippen LogP contribution in [0.5, 0.6) is 0 Å². The fourth-order valence-electron chi connectivity index (χ4n) is 2.64. The number of aliphatic hydroxyl groups is 2. The van der Waals surface area contributed by atoms with E-state index in [1.165, 1.54) is 12.8 Å². The lowest BCUT2D eigenvalue weighted by atomic mass is 9.79. The summed E-state index contributed by atoms with van der Waals surface area (Å²) in [6.07, 6.45) is 3.52. The number of rotatable bonds is 6. The van der Waals surface area contributed by atoms with Crippen molar-refractivity contribution >= 4 is 0 Å². The molecular weight excluding hydrogens is 204 g/mol. The molecule has 0 heterocycles. The SMILES string of the molecule is CC1CCC(N)C(CN(CCO)CCO)C1. The lowest BCUT2D eigenvalue weighted by Crippen LogP contribution is -2.44. The van der Waals surface area contributed by atoms with Crippen LogP contribution < -0.4 is 5.73 Å². The monoisotopic (exact) mass is 230 g/mol. The first-order valence-corrected chi connectivity index (χ1v) is 6.37. The summed E-state index contributed by atoms with van der Waals surface area (Å²) in [6, 6.07) is 0.288. The highest BCUT2D eigenvalue weighted by atomic mass is 16.3. The van der Waals surface area contributed by atoms with Gasteiger partial charge in [0, 0.05) is 25.7 Å². The molecule has 0 spiro atoms. The van der Waals surface area contributed by atoms with E-state index in [1.807, 2.05) is 0 Å². The Morgan fingerprint density at radius 1 is 1.19 bits per heavy atom. The molecule has 3 atom stereocenters. The van der Waals surface area contributed by atoms with E-state index in [0.717, 1.165) is 18.9 Å². The summed E-state index contributed by atoms with van der Waals surface area (Å²) in [5.41, 5.74) is 6.13. The second-order valence-corrected chi connectivity index (χ2v) is 5.09. The molecule has 4 N–H and O–H groups in total. The van der Waals surface area contributed by atoms with Crippen LogP contribution in [0.25, 0.3) is 0 Å². The molecular formula is C12H26N2O2. The summed E-state index contributed by atoms with van der Waals surface area (Å²) in [5, 5.41) is 17.9. The van der Waals surface area contributed by atoms with E-state index in [4.69, 9.17) is 15.9 Å². The van der Waals surface area contributed by atoms with Gasteiger partial charge < -0.3 is 15.9 Å². The average Bonchev–Trinajstić information content (AvgIpc) is 2.24. The normalized spacial score (nSPS) is 30.9. The van der Waals surface area contributed by atoms with Crippen molar-refractivity contribution in [1.82, 2.24) is 4.90 Å². The summed E-state index contributed by atoms with van der Waals surface area (Å²) in [4.78, 5) is 2.11. The molecule has 1 fully saturated rings. The molecule has 0 aliphatic heterocycles. The molecule has 1 aliphatic carbocycles. The summed E-state index contributed by atoms with van der Waals surface area (Å²) in [7, 11) is 0. The number of hydrogen-bond donors (Lipinski definition) is 3.